The highest BCUT2D eigenvalue weighted by Gasteiger charge is 2.14. The number of benzene rings is 1. The highest BCUT2D eigenvalue weighted by atomic mass is 79.9. The van der Waals surface area contributed by atoms with Gasteiger partial charge in [-0.1, -0.05) is 18.2 Å². The van der Waals surface area contributed by atoms with Gasteiger partial charge in [0.05, 0.1) is 19.7 Å². The maximum atomic E-state index is 12.4. The van der Waals surface area contributed by atoms with Crippen LogP contribution in [0.3, 0.4) is 0 Å². The molecule has 0 saturated heterocycles. The van der Waals surface area contributed by atoms with Crippen molar-refractivity contribution in [2.24, 2.45) is 0 Å². The maximum absolute atomic E-state index is 12.4. The van der Waals surface area contributed by atoms with E-state index < -0.39 is 0 Å². The number of pyridine rings is 1. The number of hydrogen-bond donors (Lipinski definition) is 2. The minimum atomic E-state index is -0.379. The van der Waals surface area contributed by atoms with Crippen LogP contribution < -0.4 is 10.9 Å². The van der Waals surface area contributed by atoms with Crippen molar-refractivity contribution < 1.29 is 9.59 Å². The normalized spacial score (nSPS) is 10.5. The molecule has 2 heterocycles. The molecule has 1 aromatic carbocycles. The van der Waals surface area contributed by atoms with Gasteiger partial charge in [-0.05, 0) is 47.1 Å². The molecule has 116 valence electrons. The zero-order valence-electron chi connectivity index (χ0n) is 12.1. The van der Waals surface area contributed by atoms with Gasteiger partial charge in [-0.3, -0.25) is 25.4 Å². The van der Waals surface area contributed by atoms with E-state index in [0.29, 0.717) is 10.4 Å². The fourth-order valence-corrected chi connectivity index (χ4v) is 3.46. The Morgan fingerprint density at radius 3 is 2.57 bits per heavy atom. The van der Waals surface area contributed by atoms with Crippen molar-refractivity contribution in [1.82, 2.24) is 15.8 Å². The van der Waals surface area contributed by atoms with Crippen molar-refractivity contribution in [2.45, 2.75) is 6.92 Å². The van der Waals surface area contributed by atoms with E-state index in [9.17, 15) is 9.59 Å². The number of nitrogens with one attached hydrogen (secondary N) is 2. The maximum Gasteiger partial charge on any atom is 0.279 e. The van der Waals surface area contributed by atoms with Crippen LogP contribution in [0.15, 0.2) is 46.3 Å². The third kappa shape index (κ3) is 3.40. The largest absolute Gasteiger partial charge is 0.279 e. The van der Waals surface area contributed by atoms with E-state index in [1.54, 1.807) is 18.2 Å². The first-order valence-corrected chi connectivity index (χ1v) is 8.38. The summed E-state index contributed by atoms with van der Waals surface area (Å²) in [5, 5.41) is 0.740. The van der Waals surface area contributed by atoms with Gasteiger partial charge in [0.1, 0.15) is 0 Å². The van der Waals surface area contributed by atoms with Crippen molar-refractivity contribution in [1.29, 1.82) is 0 Å². The molecule has 0 aliphatic heterocycles. The van der Waals surface area contributed by atoms with Crippen LogP contribution in [0, 0.1) is 6.92 Å². The van der Waals surface area contributed by atoms with Crippen molar-refractivity contribution in [3.63, 3.8) is 0 Å². The number of aromatic nitrogens is 1. The molecule has 5 nitrogen and oxygen atoms in total. The Morgan fingerprint density at radius 2 is 1.83 bits per heavy atom. The number of hydrazine groups is 1. The summed E-state index contributed by atoms with van der Waals surface area (Å²) in [5.41, 5.74) is 6.83. The molecule has 2 amide bonds. The van der Waals surface area contributed by atoms with Crippen LogP contribution in [0.5, 0.6) is 0 Å². The Morgan fingerprint density at radius 1 is 1.09 bits per heavy atom. The topological polar surface area (TPSA) is 71.1 Å². The quantitative estimate of drug-likeness (QED) is 0.659. The van der Waals surface area contributed by atoms with Crippen LogP contribution in [0.2, 0.25) is 0 Å². The number of nitrogens with zero attached hydrogens (tertiary/aromatic N) is 1. The third-order valence-electron chi connectivity index (χ3n) is 3.18. The van der Waals surface area contributed by atoms with Crippen molar-refractivity contribution in [3.8, 4) is 0 Å². The lowest BCUT2D eigenvalue weighted by Crippen LogP contribution is -2.41. The summed E-state index contributed by atoms with van der Waals surface area (Å²) in [6.45, 7) is 1.82. The molecule has 0 fully saturated rings. The molecule has 23 heavy (non-hydrogen) atoms. The number of aryl methyl sites for hydroxylation is 1. The van der Waals surface area contributed by atoms with Gasteiger partial charge in [-0.2, -0.15) is 0 Å². The lowest BCUT2D eigenvalue weighted by atomic mass is 10.1. The first-order chi connectivity index (χ1) is 11.0. The highest BCUT2D eigenvalue weighted by Crippen LogP contribution is 2.22. The third-order valence-corrected chi connectivity index (χ3v) is 4.80. The summed E-state index contributed by atoms with van der Waals surface area (Å²) in [6.07, 6.45) is 0. The summed E-state index contributed by atoms with van der Waals surface area (Å²) in [7, 11) is 0. The van der Waals surface area contributed by atoms with Crippen LogP contribution in [0.4, 0.5) is 0 Å². The fourth-order valence-electron chi connectivity index (χ4n) is 2.17. The Hall–Kier alpha value is -2.25. The average Bonchev–Trinajstić information content (AvgIpc) is 2.98. The molecule has 3 aromatic rings. The number of thiophene rings is 1. The first kappa shape index (κ1) is 15.6. The van der Waals surface area contributed by atoms with Crippen molar-refractivity contribution in [2.75, 3.05) is 0 Å². The molecule has 2 N–H and O–H groups in total. The molecule has 0 aliphatic rings. The van der Waals surface area contributed by atoms with Gasteiger partial charge in [0.15, 0.2) is 0 Å². The molecule has 3 rings (SSSR count). The highest BCUT2D eigenvalue weighted by molar-refractivity contribution is 9.11. The monoisotopic (exact) mass is 389 g/mol. The predicted molar refractivity (Wildman–Crippen MR) is 93.4 cm³/mol. The number of hydrogen-bond acceptors (Lipinski definition) is 4. The standard InChI is InChI=1S/C16H12BrN3O2S/c1-9-8-11(10-4-2-3-5-12(10)18-9)15(21)19-20-16(22)13-6-7-14(17)23-13/h2-8H,1H3,(H,19,21)(H,20,22). The summed E-state index contributed by atoms with van der Waals surface area (Å²) >= 11 is 4.59. The van der Waals surface area contributed by atoms with Crippen molar-refractivity contribution >= 4 is 50.0 Å². The number of carbonyl (C=O) groups is 2. The first-order valence-electron chi connectivity index (χ1n) is 6.77. The molecule has 0 saturated carbocycles. The van der Waals surface area contributed by atoms with E-state index in [0.717, 1.165) is 20.4 Å². The number of halogens is 1. The molecule has 7 heteroatoms. The Labute approximate surface area is 144 Å². The van der Waals surface area contributed by atoms with Gasteiger partial charge in [0.25, 0.3) is 11.8 Å². The molecule has 0 atom stereocenters. The number of carbonyl (C=O) groups excluding carboxylic acids is 2. The second kappa shape index (κ2) is 6.47. The molecular formula is C16H12BrN3O2S. The van der Waals surface area contributed by atoms with Crippen LogP contribution >= 0.6 is 27.3 Å². The lowest BCUT2D eigenvalue weighted by Gasteiger charge is -2.09. The average molecular weight is 390 g/mol. The van der Waals surface area contributed by atoms with Gasteiger partial charge in [0, 0.05) is 11.1 Å². The van der Waals surface area contributed by atoms with Crippen LogP contribution in [-0.2, 0) is 0 Å². The van der Waals surface area contributed by atoms with Gasteiger partial charge in [0.2, 0.25) is 0 Å². The van der Waals surface area contributed by atoms with E-state index in [-0.39, 0.29) is 11.8 Å². The zero-order chi connectivity index (χ0) is 16.4. The molecule has 0 spiro atoms. The van der Waals surface area contributed by atoms with Crippen LogP contribution in [-0.4, -0.2) is 16.8 Å². The molecule has 2 aromatic heterocycles. The zero-order valence-corrected chi connectivity index (χ0v) is 14.5. The summed E-state index contributed by atoms with van der Waals surface area (Å²) < 4.78 is 0.852. The van der Waals surface area contributed by atoms with Crippen LogP contribution in [0.25, 0.3) is 10.9 Å². The summed E-state index contributed by atoms with van der Waals surface area (Å²) in [5.74, 6) is -0.736. The number of para-hydroxylation sites is 1. The molecule has 0 aliphatic carbocycles. The van der Waals surface area contributed by atoms with E-state index >= 15 is 0 Å². The minimum absolute atomic E-state index is 0.357. The van der Waals surface area contributed by atoms with Crippen LogP contribution in [0.1, 0.15) is 25.7 Å². The smallest absolute Gasteiger partial charge is 0.267 e. The van der Waals surface area contributed by atoms with Crippen molar-refractivity contribution in [3.05, 3.63) is 62.4 Å². The van der Waals surface area contributed by atoms with Gasteiger partial charge < -0.3 is 0 Å². The second-order valence-corrected chi connectivity index (χ2v) is 7.30. The number of amides is 2. The molecular weight excluding hydrogens is 378 g/mol. The van der Waals surface area contributed by atoms with E-state index in [1.165, 1.54) is 11.3 Å². The van der Waals surface area contributed by atoms with E-state index in [1.807, 2.05) is 31.2 Å². The van der Waals surface area contributed by atoms with Gasteiger partial charge in [-0.25, -0.2) is 0 Å². The fraction of sp³-hybridized carbons (Fsp3) is 0.0625. The Bertz CT molecular complexity index is 907. The minimum Gasteiger partial charge on any atom is -0.267 e. The SMILES string of the molecule is Cc1cc(C(=O)NNC(=O)c2ccc(Br)s2)c2ccccc2n1. The second-order valence-electron chi connectivity index (χ2n) is 4.84. The summed E-state index contributed by atoms with van der Waals surface area (Å²) in [4.78, 5) is 29.3. The molecule has 0 bridgehead atoms. The Kier molecular flexibility index (Phi) is 4.40. The van der Waals surface area contributed by atoms with E-state index in [4.69, 9.17) is 0 Å². The molecule has 0 unspecified atom stereocenters. The number of fused-ring (bicyclic) bond motifs is 1. The number of rotatable bonds is 2. The Balaban J connectivity index is 1.80. The summed E-state index contributed by atoms with van der Waals surface area (Å²) in [6, 6.07) is 12.6. The predicted octanol–water partition coefficient (Wildman–Crippen LogP) is 3.44. The van der Waals surface area contributed by atoms with E-state index in [2.05, 4.69) is 31.8 Å². The lowest BCUT2D eigenvalue weighted by molar-refractivity contribution is 0.0849. The van der Waals surface area contributed by atoms with Gasteiger partial charge >= 0.3 is 0 Å². The molecule has 0 radical (unpaired) electrons. The van der Waals surface area contributed by atoms with Gasteiger partial charge in [-0.15, -0.1) is 11.3 Å².